The summed E-state index contributed by atoms with van der Waals surface area (Å²) in [5.74, 6) is 0.178. The molecule has 0 amide bonds. The molecule has 0 bridgehead atoms. The highest BCUT2D eigenvalue weighted by atomic mass is 16.1. The molecule has 0 fully saturated rings. The SMILES string of the molecule is CC(=O)CN(C)Cc1cccc(CN(C)C)n1. The van der Waals surface area contributed by atoms with Crippen LogP contribution < -0.4 is 0 Å². The Morgan fingerprint density at radius 2 is 1.76 bits per heavy atom. The molecule has 0 aliphatic carbocycles. The van der Waals surface area contributed by atoms with Gasteiger partial charge in [0, 0.05) is 13.1 Å². The molecule has 1 heterocycles. The maximum absolute atomic E-state index is 11.0. The summed E-state index contributed by atoms with van der Waals surface area (Å²) in [7, 11) is 5.98. The van der Waals surface area contributed by atoms with Crippen LogP contribution >= 0.6 is 0 Å². The van der Waals surface area contributed by atoms with Crippen LogP contribution in [0, 0.1) is 0 Å². The third-order valence-electron chi connectivity index (χ3n) is 2.27. The summed E-state index contributed by atoms with van der Waals surface area (Å²) in [5.41, 5.74) is 2.07. The van der Waals surface area contributed by atoms with Crippen LogP contribution in [-0.4, -0.2) is 48.3 Å². The van der Waals surface area contributed by atoms with Crippen molar-refractivity contribution in [2.24, 2.45) is 0 Å². The van der Waals surface area contributed by atoms with E-state index in [1.807, 2.05) is 44.2 Å². The fourth-order valence-corrected chi connectivity index (χ4v) is 1.74. The van der Waals surface area contributed by atoms with Crippen LogP contribution in [0.5, 0.6) is 0 Å². The van der Waals surface area contributed by atoms with Gasteiger partial charge >= 0.3 is 0 Å². The van der Waals surface area contributed by atoms with Crippen molar-refractivity contribution in [1.82, 2.24) is 14.8 Å². The van der Waals surface area contributed by atoms with Gasteiger partial charge in [0.25, 0.3) is 0 Å². The lowest BCUT2D eigenvalue weighted by molar-refractivity contribution is -0.117. The van der Waals surface area contributed by atoms with Crippen molar-refractivity contribution in [2.75, 3.05) is 27.7 Å². The van der Waals surface area contributed by atoms with Crippen molar-refractivity contribution in [3.8, 4) is 0 Å². The maximum atomic E-state index is 11.0. The number of carbonyl (C=O) groups is 1. The van der Waals surface area contributed by atoms with Gasteiger partial charge in [0.15, 0.2) is 0 Å². The number of rotatable bonds is 6. The molecular formula is C13H21N3O. The highest BCUT2D eigenvalue weighted by molar-refractivity contribution is 5.77. The van der Waals surface area contributed by atoms with Crippen molar-refractivity contribution < 1.29 is 4.79 Å². The Balaban J connectivity index is 2.62. The summed E-state index contributed by atoms with van der Waals surface area (Å²) in [6.07, 6.45) is 0. The molecule has 4 nitrogen and oxygen atoms in total. The fraction of sp³-hybridized carbons (Fsp3) is 0.538. The van der Waals surface area contributed by atoms with Gasteiger partial charge in [-0.3, -0.25) is 14.7 Å². The van der Waals surface area contributed by atoms with Gasteiger partial charge in [-0.05, 0) is 40.2 Å². The topological polar surface area (TPSA) is 36.4 Å². The molecule has 94 valence electrons. The molecule has 17 heavy (non-hydrogen) atoms. The van der Waals surface area contributed by atoms with E-state index in [0.717, 1.165) is 17.9 Å². The van der Waals surface area contributed by atoms with Gasteiger partial charge in [-0.15, -0.1) is 0 Å². The van der Waals surface area contributed by atoms with E-state index in [1.54, 1.807) is 6.92 Å². The molecule has 0 aromatic carbocycles. The molecule has 0 aliphatic rings. The Labute approximate surface area is 103 Å². The van der Waals surface area contributed by atoms with Crippen LogP contribution in [0.2, 0.25) is 0 Å². The van der Waals surface area contributed by atoms with E-state index in [-0.39, 0.29) is 5.78 Å². The van der Waals surface area contributed by atoms with Crippen molar-refractivity contribution in [2.45, 2.75) is 20.0 Å². The molecule has 0 saturated carbocycles. The first kappa shape index (κ1) is 13.8. The van der Waals surface area contributed by atoms with Gasteiger partial charge in [0.1, 0.15) is 5.78 Å². The van der Waals surface area contributed by atoms with Crippen molar-refractivity contribution in [3.63, 3.8) is 0 Å². The second-order valence-electron chi connectivity index (χ2n) is 4.73. The normalized spacial score (nSPS) is 11.2. The molecule has 0 atom stereocenters. The third-order valence-corrected chi connectivity index (χ3v) is 2.27. The molecule has 0 unspecified atom stereocenters. The van der Waals surface area contributed by atoms with Gasteiger partial charge in [-0.2, -0.15) is 0 Å². The van der Waals surface area contributed by atoms with Crippen LogP contribution in [0.4, 0.5) is 0 Å². The number of nitrogens with zero attached hydrogens (tertiary/aromatic N) is 3. The number of likely N-dealkylation sites (N-methyl/N-ethyl adjacent to an activating group) is 1. The molecule has 0 saturated heterocycles. The van der Waals surface area contributed by atoms with Crippen molar-refractivity contribution >= 4 is 5.78 Å². The summed E-state index contributed by atoms with van der Waals surface area (Å²) in [4.78, 5) is 19.6. The standard InChI is InChI=1S/C13H21N3O/c1-11(17)8-16(4)10-13-7-5-6-12(14-13)9-15(2)3/h5-7H,8-10H2,1-4H3. The van der Waals surface area contributed by atoms with Crippen molar-refractivity contribution in [3.05, 3.63) is 29.6 Å². The summed E-state index contributed by atoms with van der Waals surface area (Å²) in [6.45, 7) is 3.62. The predicted octanol–water partition coefficient (Wildman–Crippen LogP) is 1.16. The van der Waals surface area contributed by atoms with E-state index in [1.165, 1.54) is 0 Å². The fourth-order valence-electron chi connectivity index (χ4n) is 1.74. The van der Waals surface area contributed by atoms with Crippen LogP contribution in [0.25, 0.3) is 0 Å². The van der Waals surface area contributed by atoms with Crippen LogP contribution in [0.1, 0.15) is 18.3 Å². The van der Waals surface area contributed by atoms with E-state index >= 15 is 0 Å². The van der Waals surface area contributed by atoms with E-state index < -0.39 is 0 Å². The van der Waals surface area contributed by atoms with Gasteiger partial charge in [0.05, 0.1) is 17.9 Å². The highest BCUT2D eigenvalue weighted by Crippen LogP contribution is 2.04. The first-order valence-electron chi connectivity index (χ1n) is 5.75. The monoisotopic (exact) mass is 235 g/mol. The Kier molecular flexibility index (Phi) is 5.25. The maximum Gasteiger partial charge on any atom is 0.143 e. The number of ketones is 1. The number of Topliss-reactive ketones (excluding diaryl/α,β-unsaturated/α-hetero) is 1. The summed E-state index contributed by atoms with van der Waals surface area (Å²) in [6, 6.07) is 6.03. The zero-order valence-electron chi connectivity index (χ0n) is 11.1. The quantitative estimate of drug-likeness (QED) is 0.741. The average molecular weight is 235 g/mol. The second kappa shape index (κ2) is 6.47. The zero-order chi connectivity index (χ0) is 12.8. The van der Waals surface area contributed by atoms with Crippen LogP contribution in [0.3, 0.4) is 0 Å². The lowest BCUT2D eigenvalue weighted by atomic mass is 10.2. The van der Waals surface area contributed by atoms with Gasteiger partial charge in [-0.25, -0.2) is 0 Å². The minimum atomic E-state index is 0.178. The third kappa shape index (κ3) is 5.56. The van der Waals surface area contributed by atoms with E-state index in [2.05, 4.69) is 9.88 Å². The van der Waals surface area contributed by atoms with E-state index in [0.29, 0.717) is 13.1 Å². The van der Waals surface area contributed by atoms with E-state index in [4.69, 9.17) is 0 Å². The summed E-state index contributed by atoms with van der Waals surface area (Å²) in [5, 5.41) is 0. The van der Waals surface area contributed by atoms with E-state index in [9.17, 15) is 4.79 Å². The Hall–Kier alpha value is -1.26. The average Bonchev–Trinajstić information content (AvgIpc) is 2.14. The number of hydrogen-bond donors (Lipinski definition) is 0. The molecule has 0 aliphatic heterocycles. The van der Waals surface area contributed by atoms with Gasteiger partial charge in [-0.1, -0.05) is 6.07 Å². The van der Waals surface area contributed by atoms with Crippen LogP contribution in [0.15, 0.2) is 18.2 Å². The molecule has 0 N–H and O–H groups in total. The second-order valence-corrected chi connectivity index (χ2v) is 4.73. The summed E-state index contributed by atoms with van der Waals surface area (Å²) >= 11 is 0. The smallest absolute Gasteiger partial charge is 0.143 e. The lowest BCUT2D eigenvalue weighted by Gasteiger charge is -2.15. The number of carbonyl (C=O) groups excluding carboxylic acids is 1. The molecular weight excluding hydrogens is 214 g/mol. The van der Waals surface area contributed by atoms with Crippen LogP contribution in [-0.2, 0) is 17.9 Å². The minimum absolute atomic E-state index is 0.178. The van der Waals surface area contributed by atoms with Gasteiger partial charge < -0.3 is 4.90 Å². The Morgan fingerprint density at radius 3 is 2.29 bits per heavy atom. The first-order chi connectivity index (χ1) is 7.97. The summed E-state index contributed by atoms with van der Waals surface area (Å²) < 4.78 is 0. The zero-order valence-corrected chi connectivity index (χ0v) is 11.1. The number of pyridine rings is 1. The van der Waals surface area contributed by atoms with Crippen molar-refractivity contribution in [1.29, 1.82) is 0 Å². The van der Waals surface area contributed by atoms with Gasteiger partial charge in [0.2, 0.25) is 0 Å². The minimum Gasteiger partial charge on any atom is -0.304 e. The molecule has 4 heteroatoms. The first-order valence-corrected chi connectivity index (χ1v) is 5.75. The highest BCUT2D eigenvalue weighted by Gasteiger charge is 2.05. The lowest BCUT2D eigenvalue weighted by Crippen LogP contribution is -2.24. The molecule has 1 rings (SSSR count). The molecule has 0 radical (unpaired) electrons. The number of aromatic nitrogens is 1. The molecule has 1 aromatic heterocycles. The number of hydrogen-bond acceptors (Lipinski definition) is 4. The predicted molar refractivity (Wildman–Crippen MR) is 68.6 cm³/mol. The largest absolute Gasteiger partial charge is 0.304 e. The molecule has 1 aromatic rings. The Morgan fingerprint density at radius 1 is 1.18 bits per heavy atom. The Bertz CT molecular complexity index is 377. The molecule has 0 spiro atoms.